The van der Waals surface area contributed by atoms with Gasteiger partial charge in [-0.2, -0.15) is 4.31 Å². The molecule has 1 heterocycles. The summed E-state index contributed by atoms with van der Waals surface area (Å²) in [6.07, 6.45) is 3.67. The summed E-state index contributed by atoms with van der Waals surface area (Å²) in [7, 11) is -3.53. The fourth-order valence-corrected chi connectivity index (χ4v) is 4.85. The lowest BCUT2D eigenvalue weighted by Gasteiger charge is -2.31. The maximum atomic E-state index is 12.8. The maximum absolute atomic E-state index is 12.8. The summed E-state index contributed by atoms with van der Waals surface area (Å²) in [6, 6.07) is 5.29. The lowest BCUT2D eigenvalue weighted by molar-refractivity contribution is 0.271. The highest BCUT2D eigenvalue weighted by Gasteiger charge is 2.31. The summed E-state index contributed by atoms with van der Waals surface area (Å²) in [4.78, 5) is 0.229. The number of benzene rings is 1. The fourth-order valence-electron chi connectivity index (χ4n) is 2.77. The van der Waals surface area contributed by atoms with Crippen LogP contribution in [0.4, 0.5) is 0 Å². The molecule has 0 amide bonds. The van der Waals surface area contributed by atoms with Crippen LogP contribution >= 0.6 is 24.0 Å². The van der Waals surface area contributed by atoms with Crippen LogP contribution in [0.5, 0.6) is 0 Å². The molecule has 7 heteroatoms. The summed E-state index contributed by atoms with van der Waals surface area (Å²) in [6.45, 7) is 3.63. The van der Waals surface area contributed by atoms with Gasteiger partial charge in [0, 0.05) is 13.1 Å². The van der Waals surface area contributed by atoms with Crippen molar-refractivity contribution in [3.05, 3.63) is 28.8 Å². The number of hydrogen-bond acceptors (Lipinski definition) is 3. The number of aryl methyl sites for hydroxylation is 1. The van der Waals surface area contributed by atoms with Gasteiger partial charge in [0.15, 0.2) is 0 Å². The minimum atomic E-state index is -3.53. The van der Waals surface area contributed by atoms with E-state index >= 15 is 0 Å². The molecule has 0 radical (unpaired) electrons. The molecule has 0 bridgehead atoms. The molecule has 1 atom stereocenters. The van der Waals surface area contributed by atoms with Gasteiger partial charge in [-0.3, -0.25) is 0 Å². The Bertz CT molecular complexity index is 593. The van der Waals surface area contributed by atoms with Crippen LogP contribution < -0.4 is 5.73 Å². The van der Waals surface area contributed by atoms with Gasteiger partial charge in [-0.15, -0.1) is 12.4 Å². The Balaban J connectivity index is 0.00000242. The molecule has 1 aliphatic heterocycles. The molecule has 4 nitrogen and oxygen atoms in total. The number of nitrogens with zero attached hydrogens (tertiary/aromatic N) is 1. The van der Waals surface area contributed by atoms with Crippen molar-refractivity contribution in [3.63, 3.8) is 0 Å². The summed E-state index contributed by atoms with van der Waals surface area (Å²) >= 11 is 6.14. The van der Waals surface area contributed by atoms with Crippen LogP contribution in [0.25, 0.3) is 0 Å². The van der Waals surface area contributed by atoms with Crippen molar-refractivity contribution in [2.45, 2.75) is 37.5 Å². The number of halogens is 2. The van der Waals surface area contributed by atoms with Crippen LogP contribution in [-0.4, -0.2) is 32.4 Å². The Morgan fingerprint density at radius 1 is 1.41 bits per heavy atom. The smallest absolute Gasteiger partial charge is 0.244 e. The Labute approximate surface area is 144 Å². The largest absolute Gasteiger partial charge is 0.330 e. The van der Waals surface area contributed by atoms with E-state index in [0.717, 1.165) is 31.2 Å². The van der Waals surface area contributed by atoms with Crippen LogP contribution in [0.2, 0.25) is 5.02 Å². The van der Waals surface area contributed by atoms with Gasteiger partial charge in [0.1, 0.15) is 4.90 Å². The molecule has 126 valence electrons. The molecule has 1 aliphatic rings. The molecular formula is C15H24Cl2N2O2S. The van der Waals surface area contributed by atoms with Crippen LogP contribution in [0, 0.1) is 5.92 Å². The first-order chi connectivity index (χ1) is 9.98. The molecule has 2 N–H and O–H groups in total. The van der Waals surface area contributed by atoms with Gasteiger partial charge < -0.3 is 5.73 Å². The molecule has 1 unspecified atom stereocenters. The van der Waals surface area contributed by atoms with Gasteiger partial charge in [-0.25, -0.2) is 8.42 Å². The van der Waals surface area contributed by atoms with E-state index in [1.54, 1.807) is 12.1 Å². The molecule has 1 fully saturated rings. The van der Waals surface area contributed by atoms with Gasteiger partial charge in [-0.05, 0) is 49.4 Å². The molecular weight excluding hydrogens is 343 g/mol. The van der Waals surface area contributed by atoms with Crippen molar-refractivity contribution < 1.29 is 8.42 Å². The van der Waals surface area contributed by atoms with E-state index in [1.807, 2.05) is 6.07 Å². The molecule has 2 rings (SSSR count). The summed E-state index contributed by atoms with van der Waals surface area (Å²) < 4.78 is 27.2. The molecule has 0 aromatic heterocycles. The topological polar surface area (TPSA) is 63.4 Å². The third-order valence-electron chi connectivity index (χ3n) is 3.97. The Kier molecular flexibility index (Phi) is 7.62. The van der Waals surface area contributed by atoms with Gasteiger partial charge in [-0.1, -0.05) is 31.0 Å². The van der Waals surface area contributed by atoms with E-state index in [2.05, 4.69) is 6.92 Å². The van der Waals surface area contributed by atoms with E-state index < -0.39 is 10.0 Å². The molecule has 0 spiro atoms. The van der Waals surface area contributed by atoms with Gasteiger partial charge in [0.25, 0.3) is 0 Å². The zero-order chi connectivity index (χ0) is 15.5. The number of sulfonamides is 1. The van der Waals surface area contributed by atoms with Crippen LogP contribution in [-0.2, 0) is 16.4 Å². The Hall–Kier alpha value is -0.330. The third kappa shape index (κ3) is 4.36. The average Bonchev–Trinajstić information content (AvgIpc) is 2.49. The van der Waals surface area contributed by atoms with Crippen LogP contribution in [0.15, 0.2) is 23.1 Å². The maximum Gasteiger partial charge on any atom is 0.244 e. The SMILES string of the molecule is CCCc1ccc(Cl)c(S(=O)(=O)N2CCCC(CN)C2)c1.Cl. The second-order valence-electron chi connectivity index (χ2n) is 5.62. The van der Waals surface area contributed by atoms with E-state index in [9.17, 15) is 8.42 Å². The summed E-state index contributed by atoms with van der Waals surface area (Å²) in [5.41, 5.74) is 6.70. The van der Waals surface area contributed by atoms with Crippen molar-refractivity contribution in [3.8, 4) is 0 Å². The standard InChI is InChI=1S/C15H23ClN2O2S.ClH/c1-2-4-12-6-7-14(16)15(9-12)21(19,20)18-8-3-5-13(10-17)11-18;/h6-7,9,13H,2-5,8,10-11,17H2,1H3;1H. The first kappa shape index (κ1) is 19.7. The number of hydrogen-bond donors (Lipinski definition) is 1. The quantitative estimate of drug-likeness (QED) is 0.870. The van der Waals surface area contributed by atoms with Crippen molar-refractivity contribution >= 4 is 34.0 Å². The predicted octanol–water partition coefficient (Wildman–Crippen LogP) is 3.07. The van der Waals surface area contributed by atoms with Gasteiger partial charge in [0.05, 0.1) is 5.02 Å². The zero-order valence-electron chi connectivity index (χ0n) is 12.8. The molecule has 22 heavy (non-hydrogen) atoms. The number of rotatable bonds is 5. The predicted molar refractivity (Wildman–Crippen MR) is 93.2 cm³/mol. The first-order valence-corrected chi connectivity index (χ1v) is 9.29. The van der Waals surface area contributed by atoms with E-state index in [0.29, 0.717) is 24.7 Å². The number of nitrogens with two attached hydrogens (primary N) is 1. The average molecular weight is 367 g/mol. The minimum absolute atomic E-state index is 0. The lowest BCUT2D eigenvalue weighted by atomic mass is 10.0. The molecule has 0 saturated carbocycles. The van der Waals surface area contributed by atoms with Crippen LogP contribution in [0.1, 0.15) is 31.7 Å². The second-order valence-corrected chi connectivity index (χ2v) is 7.94. The summed E-state index contributed by atoms with van der Waals surface area (Å²) in [5, 5.41) is 0.296. The zero-order valence-corrected chi connectivity index (χ0v) is 15.2. The monoisotopic (exact) mass is 366 g/mol. The van der Waals surface area contributed by atoms with E-state index in [1.165, 1.54) is 4.31 Å². The number of piperidine rings is 1. The molecule has 0 aliphatic carbocycles. The molecule has 1 saturated heterocycles. The first-order valence-electron chi connectivity index (χ1n) is 7.47. The van der Waals surface area contributed by atoms with Crippen molar-refractivity contribution in [2.75, 3.05) is 19.6 Å². The highest BCUT2D eigenvalue weighted by molar-refractivity contribution is 7.89. The highest BCUT2D eigenvalue weighted by atomic mass is 35.5. The normalized spacial score (nSPS) is 19.7. The van der Waals surface area contributed by atoms with E-state index in [4.69, 9.17) is 17.3 Å². The minimum Gasteiger partial charge on any atom is -0.330 e. The third-order valence-corrected chi connectivity index (χ3v) is 6.31. The highest BCUT2D eigenvalue weighted by Crippen LogP contribution is 2.29. The van der Waals surface area contributed by atoms with Crippen molar-refractivity contribution in [1.82, 2.24) is 4.31 Å². The lowest BCUT2D eigenvalue weighted by Crippen LogP contribution is -2.42. The van der Waals surface area contributed by atoms with Gasteiger partial charge in [0.2, 0.25) is 10.0 Å². The Morgan fingerprint density at radius 2 is 2.14 bits per heavy atom. The van der Waals surface area contributed by atoms with E-state index in [-0.39, 0.29) is 23.2 Å². The van der Waals surface area contributed by atoms with Crippen LogP contribution in [0.3, 0.4) is 0 Å². The van der Waals surface area contributed by atoms with Crippen molar-refractivity contribution in [1.29, 1.82) is 0 Å². The fraction of sp³-hybridized carbons (Fsp3) is 0.600. The summed E-state index contributed by atoms with van der Waals surface area (Å²) in [5.74, 6) is 0.242. The molecule has 1 aromatic carbocycles. The second kappa shape index (κ2) is 8.50. The molecule has 1 aromatic rings. The Morgan fingerprint density at radius 3 is 2.77 bits per heavy atom. The van der Waals surface area contributed by atoms with Gasteiger partial charge >= 0.3 is 0 Å². The van der Waals surface area contributed by atoms with Crippen molar-refractivity contribution in [2.24, 2.45) is 11.7 Å².